The van der Waals surface area contributed by atoms with Gasteiger partial charge in [0.05, 0.1) is 21.8 Å². The van der Waals surface area contributed by atoms with Crippen LogP contribution in [0.25, 0.3) is 0 Å². The van der Waals surface area contributed by atoms with Gasteiger partial charge in [-0.15, -0.1) is 23.1 Å². The van der Waals surface area contributed by atoms with Crippen molar-refractivity contribution in [2.45, 2.75) is 49.7 Å². The van der Waals surface area contributed by atoms with Crippen molar-refractivity contribution in [1.82, 2.24) is 0 Å². The number of aryl methyl sites for hydroxylation is 1. The first kappa shape index (κ1) is 22.0. The van der Waals surface area contributed by atoms with Crippen LogP contribution in [0, 0.1) is 11.3 Å². The number of nitriles is 1. The zero-order valence-corrected chi connectivity index (χ0v) is 20.0. The van der Waals surface area contributed by atoms with E-state index in [4.69, 9.17) is 17.3 Å². The maximum atomic E-state index is 13.3. The molecule has 0 amide bonds. The van der Waals surface area contributed by atoms with Crippen LogP contribution in [0.1, 0.15) is 49.5 Å². The summed E-state index contributed by atoms with van der Waals surface area (Å²) in [7, 11) is 0. The van der Waals surface area contributed by atoms with E-state index in [9.17, 15) is 10.1 Å². The number of Topliss-reactive ketones (excluding diaryl/α,β-unsaturated/α-hetero) is 1. The Bertz CT molecular complexity index is 1140. The number of carbonyl (C=O) groups excluding carboxylic acids is 1. The van der Waals surface area contributed by atoms with Gasteiger partial charge in [-0.1, -0.05) is 31.5 Å². The Labute approximate surface area is 196 Å². The molecule has 2 N–H and O–H groups in total. The molecule has 0 saturated carbocycles. The monoisotopic (exact) mass is 469 g/mol. The van der Waals surface area contributed by atoms with Crippen molar-refractivity contribution in [2.75, 3.05) is 10.7 Å². The summed E-state index contributed by atoms with van der Waals surface area (Å²) in [6, 6.07) is 11.9. The minimum absolute atomic E-state index is 0.107. The van der Waals surface area contributed by atoms with Crippen LogP contribution in [0.3, 0.4) is 0 Å². The molecule has 2 heterocycles. The van der Waals surface area contributed by atoms with Crippen LogP contribution in [0.2, 0.25) is 5.02 Å². The summed E-state index contributed by atoms with van der Waals surface area (Å²) >= 11 is 9.77. The molecule has 2 aliphatic rings. The van der Waals surface area contributed by atoms with Crippen LogP contribution in [-0.4, -0.2) is 11.5 Å². The lowest BCUT2D eigenvalue weighted by Gasteiger charge is -2.39. The van der Waals surface area contributed by atoms with Crippen molar-refractivity contribution in [3.8, 4) is 6.07 Å². The molecule has 4 rings (SSSR count). The van der Waals surface area contributed by atoms with E-state index in [1.165, 1.54) is 9.09 Å². The lowest BCUT2D eigenvalue weighted by molar-refractivity contribution is -0.116. The summed E-state index contributed by atoms with van der Waals surface area (Å²) in [6.07, 6.45) is 2.93. The number of nitrogens with zero attached hydrogens (tertiary/aromatic N) is 2. The highest BCUT2D eigenvalue weighted by Gasteiger charge is 2.41. The molecule has 1 atom stereocenters. The molecule has 4 nitrogen and oxygen atoms in total. The van der Waals surface area contributed by atoms with Gasteiger partial charge in [-0.2, -0.15) is 5.26 Å². The predicted molar refractivity (Wildman–Crippen MR) is 129 cm³/mol. The molecule has 0 radical (unpaired) electrons. The van der Waals surface area contributed by atoms with E-state index in [2.05, 4.69) is 26.0 Å². The standard InChI is InChI=1S/C24H24ClN3OS2/c1-3-16-12-17(24(31-16)30-4-2)21-18(13-26)23(27)28(15-8-5-7-14(25)11-15)19-9-6-10-20(29)22(19)21/h5,7-8,11-12,21H,3-4,6,9-10,27H2,1-2H3. The number of carbonyl (C=O) groups is 1. The maximum absolute atomic E-state index is 13.3. The smallest absolute Gasteiger partial charge is 0.161 e. The Balaban J connectivity index is 1.97. The molecule has 0 fully saturated rings. The van der Waals surface area contributed by atoms with Gasteiger partial charge in [0.1, 0.15) is 5.82 Å². The van der Waals surface area contributed by atoms with Crippen LogP contribution in [0.15, 0.2) is 57.2 Å². The summed E-state index contributed by atoms with van der Waals surface area (Å²) < 4.78 is 1.17. The molecular formula is C24H24ClN3OS2. The van der Waals surface area contributed by atoms with E-state index in [0.29, 0.717) is 22.8 Å². The summed E-state index contributed by atoms with van der Waals surface area (Å²) in [6.45, 7) is 4.25. The van der Waals surface area contributed by atoms with Gasteiger partial charge in [0, 0.05) is 33.3 Å². The maximum Gasteiger partial charge on any atom is 0.161 e. The normalized spacial score (nSPS) is 19.0. The number of nitrogens with two attached hydrogens (primary N) is 1. The number of ketones is 1. The molecule has 1 aromatic heterocycles. The van der Waals surface area contributed by atoms with Crippen molar-refractivity contribution >= 4 is 46.2 Å². The fourth-order valence-corrected chi connectivity index (χ4v) is 6.93. The molecule has 7 heteroatoms. The average molecular weight is 470 g/mol. The quantitative estimate of drug-likeness (QED) is 0.514. The minimum atomic E-state index is -0.408. The molecule has 1 aliphatic carbocycles. The second-order valence-corrected chi connectivity index (χ2v) is 10.6. The third-order valence-electron chi connectivity index (χ3n) is 5.69. The Hall–Kier alpha value is -2.20. The Morgan fingerprint density at radius 3 is 2.81 bits per heavy atom. The lowest BCUT2D eigenvalue weighted by Crippen LogP contribution is -2.38. The lowest BCUT2D eigenvalue weighted by atomic mass is 9.76. The van der Waals surface area contributed by atoms with E-state index in [1.54, 1.807) is 29.2 Å². The third kappa shape index (κ3) is 3.91. The van der Waals surface area contributed by atoms with Gasteiger partial charge < -0.3 is 5.73 Å². The summed E-state index contributed by atoms with van der Waals surface area (Å²) in [5, 5.41) is 10.8. The minimum Gasteiger partial charge on any atom is -0.384 e. The van der Waals surface area contributed by atoms with E-state index >= 15 is 0 Å². The molecule has 1 unspecified atom stereocenters. The number of benzene rings is 1. The molecule has 1 aromatic carbocycles. The van der Waals surface area contributed by atoms with Crippen molar-refractivity contribution < 1.29 is 4.79 Å². The number of allylic oxidation sites excluding steroid dienone is 3. The van der Waals surface area contributed by atoms with E-state index in [1.807, 2.05) is 23.1 Å². The van der Waals surface area contributed by atoms with Crippen LogP contribution in [-0.2, 0) is 11.2 Å². The van der Waals surface area contributed by atoms with Gasteiger partial charge in [-0.3, -0.25) is 9.69 Å². The van der Waals surface area contributed by atoms with Crippen molar-refractivity contribution in [3.63, 3.8) is 0 Å². The predicted octanol–water partition coefficient (Wildman–Crippen LogP) is 6.38. The first-order valence-corrected chi connectivity index (χ1v) is 12.6. The number of rotatable bonds is 5. The Morgan fingerprint density at radius 2 is 2.13 bits per heavy atom. The molecule has 0 spiro atoms. The Morgan fingerprint density at radius 1 is 1.32 bits per heavy atom. The van der Waals surface area contributed by atoms with Crippen molar-refractivity contribution in [2.24, 2.45) is 5.73 Å². The highest BCUT2D eigenvalue weighted by Crippen LogP contribution is 2.50. The van der Waals surface area contributed by atoms with Crippen molar-refractivity contribution in [1.29, 1.82) is 5.26 Å². The van der Waals surface area contributed by atoms with Crippen LogP contribution in [0.5, 0.6) is 0 Å². The second-order valence-electron chi connectivity index (χ2n) is 7.54. The van der Waals surface area contributed by atoms with Gasteiger partial charge in [0.15, 0.2) is 5.78 Å². The molecule has 31 heavy (non-hydrogen) atoms. The van der Waals surface area contributed by atoms with E-state index in [0.717, 1.165) is 47.5 Å². The third-order valence-corrected chi connectivity index (χ3v) is 8.41. The molecule has 1 aliphatic heterocycles. The zero-order valence-electron chi connectivity index (χ0n) is 17.6. The van der Waals surface area contributed by atoms with Gasteiger partial charge in [0.2, 0.25) is 0 Å². The number of thiophene rings is 1. The number of halogens is 1. The fourth-order valence-electron chi connectivity index (χ4n) is 4.37. The molecular weight excluding hydrogens is 446 g/mol. The molecule has 2 aromatic rings. The first-order valence-electron chi connectivity index (χ1n) is 10.5. The molecule has 0 bridgehead atoms. The van der Waals surface area contributed by atoms with E-state index < -0.39 is 5.92 Å². The van der Waals surface area contributed by atoms with Crippen molar-refractivity contribution in [3.05, 3.63) is 68.5 Å². The SMILES string of the molecule is CCSc1sc(CC)cc1C1C(C#N)=C(N)N(c2cccc(Cl)c2)C2=C1C(=O)CCC2. The van der Waals surface area contributed by atoms with Gasteiger partial charge >= 0.3 is 0 Å². The average Bonchev–Trinajstić information content (AvgIpc) is 3.16. The number of hydrogen-bond donors (Lipinski definition) is 1. The van der Waals surface area contributed by atoms with Crippen LogP contribution in [0.4, 0.5) is 5.69 Å². The Kier molecular flexibility index (Phi) is 6.47. The number of thioether (sulfide) groups is 1. The number of hydrogen-bond acceptors (Lipinski definition) is 6. The zero-order chi connectivity index (χ0) is 22.1. The molecule has 160 valence electrons. The summed E-state index contributed by atoms with van der Waals surface area (Å²) in [5.74, 6) is 1.02. The largest absolute Gasteiger partial charge is 0.384 e. The topological polar surface area (TPSA) is 70.1 Å². The van der Waals surface area contributed by atoms with Gasteiger partial charge in [-0.05, 0) is 54.8 Å². The van der Waals surface area contributed by atoms with Gasteiger partial charge in [0.25, 0.3) is 0 Å². The number of anilines is 1. The second kappa shape index (κ2) is 9.12. The summed E-state index contributed by atoms with van der Waals surface area (Å²) in [4.78, 5) is 16.4. The van der Waals surface area contributed by atoms with E-state index in [-0.39, 0.29) is 5.78 Å². The highest BCUT2D eigenvalue weighted by molar-refractivity contribution is 8.01. The highest BCUT2D eigenvalue weighted by atomic mass is 35.5. The summed E-state index contributed by atoms with van der Waals surface area (Å²) in [5.41, 5.74) is 10.5. The fraction of sp³-hybridized carbons (Fsp3) is 0.333. The van der Waals surface area contributed by atoms with Gasteiger partial charge in [-0.25, -0.2) is 0 Å². The molecule has 0 saturated heterocycles. The first-order chi connectivity index (χ1) is 15.0. The van der Waals surface area contributed by atoms with Crippen LogP contribution >= 0.6 is 34.7 Å². The van der Waals surface area contributed by atoms with Crippen LogP contribution < -0.4 is 10.6 Å².